The van der Waals surface area contributed by atoms with E-state index in [0.717, 1.165) is 49.4 Å². The minimum Gasteiger partial charge on any atom is -0.383 e. The van der Waals surface area contributed by atoms with Crippen LogP contribution in [0.4, 0.5) is 0 Å². The van der Waals surface area contributed by atoms with Crippen LogP contribution in [0, 0.1) is 5.92 Å². The first-order valence-electron chi connectivity index (χ1n) is 8.15. The van der Waals surface area contributed by atoms with Crippen molar-refractivity contribution in [1.82, 2.24) is 19.6 Å². The Kier molecular flexibility index (Phi) is 6.68. The first kappa shape index (κ1) is 17.7. The van der Waals surface area contributed by atoms with E-state index in [1.807, 2.05) is 7.05 Å². The highest BCUT2D eigenvalue weighted by Crippen LogP contribution is 2.23. The lowest BCUT2D eigenvalue weighted by Crippen LogP contribution is -2.29. The smallest absolute Gasteiger partial charge is 0.131 e. The maximum Gasteiger partial charge on any atom is 0.131 e. The van der Waals surface area contributed by atoms with Crippen molar-refractivity contribution in [2.45, 2.75) is 26.3 Å². The Morgan fingerprint density at radius 2 is 2.23 bits per heavy atom. The minimum atomic E-state index is 0.738. The van der Waals surface area contributed by atoms with Crippen LogP contribution in [0.5, 0.6) is 0 Å². The van der Waals surface area contributed by atoms with Gasteiger partial charge in [-0.25, -0.2) is 0 Å². The highest BCUT2D eigenvalue weighted by atomic mass is 35.5. The van der Waals surface area contributed by atoms with Crippen LogP contribution >= 0.6 is 11.6 Å². The van der Waals surface area contributed by atoms with Crippen LogP contribution in [0.15, 0.2) is 0 Å². The Morgan fingerprint density at radius 3 is 2.91 bits per heavy atom. The SMILES string of the molecule is CCc1nn(C)c(Cl)c1CN(C)C[C@H]1CCN(CCOC)C1. The van der Waals surface area contributed by atoms with E-state index >= 15 is 0 Å². The average Bonchev–Trinajstić information content (AvgIpc) is 3.04. The molecule has 126 valence electrons. The summed E-state index contributed by atoms with van der Waals surface area (Å²) < 4.78 is 6.95. The highest BCUT2D eigenvalue weighted by molar-refractivity contribution is 6.30. The van der Waals surface area contributed by atoms with Gasteiger partial charge in [-0.1, -0.05) is 18.5 Å². The van der Waals surface area contributed by atoms with Gasteiger partial charge in [-0.3, -0.25) is 4.68 Å². The van der Waals surface area contributed by atoms with E-state index in [2.05, 4.69) is 28.9 Å². The van der Waals surface area contributed by atoms with E-state index in [1.165, 1.54) is 25.1 Å². The zero-order chi connectivity index (χ0) is 16.1. The maximum absolute atomic E-state index is 6.39. The Bertz CT molecular complexity index is 477. The van der Waals surface area contributed by atoms with Crippen LogP contribution in [0.3, 0.4) is 0 Å². The molecule has 6 heteroatoms. The van der Waals surface area contributed by atoms with Crippen molar-refractivity contribution in [1.29, 1.82) is 0 Å². The third kappa shape index (κ3) is 4.44. The van der Waals surface area contributed by atoms with Gasteiger partial charge >= 0.3 is 0 Å². The van der Waals surface area contributed by atoms with Crippen molar-refractivity contribution >= 4 is 11.6 Å². The Hall–Kier alpha value is -0.620. The van der Waals surface area contributed by atoms with Gasteiger partial charge in [-0.15, -0.1) is 0 Å². The topological polar surface area (TPSA) is 33.5 Å². The summed E-state index contributed by atoms with van der Waals surface area (Å²) in [6, 6.07) is 0. The van der Waals surface area contributed by atoms with Crippen LogP contribution in [-0.2, 0) is 24.8 Å². The number of likely N-dealkylation sites (tertiary alicyclic amines) is 1. The molecule has 0 spiro atoms. The second-order valence-electron chi connectivity index (χ2n) is 6.34. The fraction of sp³-hybridized carbons (Fsp3) is 0.812. The van der Waals surface area contributed by atoms with E-state index in [1.54, 1.807) is 11.8 Å². The molecule has 2 rings (SSSR count). The minimum absolute atomic E-state index is 0.738. The molecule has 0 radical (unpaired) electrons. The molecule has 1 fully saturated rings. The van der Waals surface area contributed by atoms with E-state index in [0.29, 0.717) is 0 Å². The molecule has 0 unspecified atom stereocenters. The number of hydrogen-bond donors (Lipinski definition) is 0. The highest BCUT2D eigenvalue weighted by Gasteiger charge is 2.24. The third-order valence-corrected chi connectivity index (χ3v) is 4.94. The van der Waals surface area contributed by atoms with Gasteiger partial charge in [0.1, 0.15) is 5.15 Å². The van der Waals surface area contributed by atoms with Crippen LogP contribution < -0.4 is 0 Å². The van der Waals surface area contributed by atoms with E-state index in [9.17, 15) is 0 Å². The van der Waals surface area contributed by atoms with Crippen LogP contribution in [0.2, 0.25) is 5.15 Å². The summed E-state index contributed by atoms with van der Waals surface area (Å²) in [6.45, 7) is 8.36. The summed E-state index contributed by atoms with van der Waals surface area (Å²) in [5.41, 5.74) is 2.30. The molecule has 1 saturated heterocycles. The third-order valence-electron chi connectivity index (χ3n) is 4.47. The second-order valence-corrected chi connectivity index (χ2v) is 6.70. The largest absolute Gasteiger partial charge is 0.383 e. The Morgan fingerprint density at radius 1 is 1.45 bits per heavy atom. The fourth-order valence-corrected chi connectivity index (χ4v) is 3.51. The molecule has 5 nitrogen and oxygen atoms in total. The molecule has 0 N–H and O–H groups in total. The lowest BCUT2D eigenvalue weighted by Gasteiger charge is -2.21. The van der Waals surface area contributed by atoms with E-state index < -0.39 is 0 Å². The molecular formula is C16H29ClN4O. The van der Waals surface area contributed by atoms with E-state index in [4.69, 9.17) is 16.3 Å². The van der Waals surface area contributed by atoms with Crippen molar-refractivity contribution in [3.05, 3.63) is 16.4 Å². The van der Waals surface area contributed by atoms with Gasteiger partial charge in [0.25, 0.3) is 0 Å². The molecular weight excluding hydrogens is 300 g/mol. The lowest BCUT2D eigenvalue weighted by atomic mass is 10.1. The molecule has 1 atom stereocenters. The second kappa shape index (κ2) is 8.29. The molecule has 0 aliphatic carbocycles. The summed E-state index contributed by atoms with van der Waals surface area (Å²) in [5, 5.41) is 5.27. The van der Waals surface area contributed by atoms with Crippen molar-refractivity contribution in [2.75, 3.05) is 46.9 Å². The average molecular weight is 329 g/mol. The quantitative estimate of drug-likeness (QED) is 0.731. The zero-order valence-corrected chi connectivity index (χ0v) is 15.1. The molecule has 1 aromatic heterocycles. The van der Waals surface area contributed by atoms with Gasteiger partial charge in [-0.05, 0) is 32.4 Å². The predicted molar refractivity (Wildman–Crippen MR) is 90.4 cm³/mol. The first-order valence-corrected chi connectivity index (χ1v) is 8.53. The summed E-state index contributed by atoms with van der Waals surface area (Å²) in [6.07, 6.45) is 2.20. The van der Waals surface area contributed by atoms with Crippen molar-refractivity contribution in [3.63, 3.8) is 0 Å². The van der Waals surface area contributed by atoms with Crippen LogP contribution in [0.25, 0.3) is 0 Å². The molecule has 22 heavy (non-hydrogen) atoms. The van der Waals surface area contributed by atoms with Gasteiger partial charge in [0.05, 0.1) is 12.3 Å². The predicted octanol–water partition coefficient (Wildman–Crippen LogP) is 2.04. The van der Waals surface area contributed by atoms with Gasteiger partial charge in [-0.2, -0.15) is 5.10 Å². The molecule has 0 aromatic carbocycles. The number of aromatic nitrogens is 2. The zero-order valence-electron chi connectivity index (χ0n) is 14.3. The Balaban J connectivity index is 1.85. The normalized spacial score (nSPS) is 19.5. The maximum atomic E-state index is 6.39. The summed E-state index contributed by atoms with van der Waals surface area (Å²) in [5.74, 6) is 0.738. The standard InChI is InChI=1S/C16H29ClN4O/c1-5-15-14(16(17)20(3)18-15)12-19(2)10-13-6-7-21(11-13)8-9-22-4/h13H,5-12H2,1-4H3/t13-/m1/s1. The lowest BCUT2D eigenvalue weighted by molar-refractivity contribution is 0.157. The van der Waals surface area contributed by atoms with Gasteiger partial charge in [0.2, 0.25) is 0 Å². The van der Waals surface area contributed by atoms with Crippen molar-refractivity contribution in [2.24, 2.45) is 13.0 Å². The first-order chi connectivity index (χ1) is 10.5. The number of rotatable bonds is 8. The molecule has 0 bridgehead atoms. The van der Waals surface area contributed by atoms with Crippen LogP contribution in [-0.4, -0.2) is 66.5 Å². The molecule has 2 heterocycles. The van der Waals surface area contributed by atoms with Crippen LogP contribution in [0.1, 0.15) is 24.6 Å². The van der Waals surface area contributed by atoms with E-state index in [-0.39, 0.29) is 0 Å². The monoisotopic (exact) mass is 328 g/mol. The Labute approximate surface area is 139 Å². The van der Waals surface area contributed by atoms with Crippen molar-refractivity contribution < 1.29 is 4.74 Å². The number of halogens is 1. The summed E-state index contributed by atoms with van der Waals surface area (Å²) in [7, 11) is 5.86. The number of methoxy groups -OCH3 is 1. The number of nitrogens with zero attached hydrogens (tertiary/aromatic N) is 4. The van der Waals surface area contributed by atoms with Gasteiger partial charge < -0.3 is 14.5 Å². The number of ether oxygens (including phenoxy) is 1. The molecule has 1 aromatic rings. The number of hydrogen-bond acceptors (Lipinski definition) is 4. The molecule has 1 aliphatic heterocycles. The molecule has 0 amide bonds. The summed E-state index contributed by atoms with van der Waals surface area (Å²) >= 11 is 6.39. The fourth-order valence-electron chi connectivity index (χ4n) is 3.30. The van der Waals surface area contributed by atoms with Gasteiger partial charge in [0, 0.05) is 45.9 Å². The van der Waals surface area contributed by atoms with Gasteiger partial charge in [0.15, 0.2) is 0 Å². The summed E-state index contributed by atoms with van der Waals surface area (Å²) in [4.78, 5) is 4.88. The van der Waals surface area contributed by atoms with Crippen molar-refractivity contribution in [3.8, 4) is 0 Å². The number of aryl methyl sites for hydroxylation is 2. The molecule has 1 aliphatic rings. The molecule has 0 saturated carbocycles.